The number of allylic oxidation sites excluding steroid dienone is 2. The molecule has 0 aromatic heterocycles. The molecule has 0 radical (unpaired) electrons. The van der Waals surface area contributed by atoms with Crippen LogP contribution in [0.25, 0.3) is 0 Å². The summed E-state index contributed by atoms with van der Waals surface area (Å²) in [5.41, 5.74) is 2.56. The molecule has 0 atom stereocenters. The summed E-state index contributed by atoms with van der Waals surface area (Å²) >= 11 is 0. The van der Waals surface area contributed by atoms with E-state index in [1.54, 1.807) is 0 Å². The van der Waals surface area contributed by atoms with Gasteiger partial charge in [0.15, 0.2) is 0 Å². The molecule has 0 heterocycles. The Morgan fingerprint density at radius 3 is 2.36 bits per heavy atom. The van der Waals surface area contributed by atoms with E-state index in [2.05, 4.69) is 36.5 Å². The fourth-order valence-corrected chi connectivity index (χ4v) is 1.32. The second kappa shape index (κ2) is 3.46. The zero-order chi connectivity index (χ0) is 8.27. The molecule has 1 N–H and O–H groups in total. The van der Waals surface area contributed by atoms with Crippen molar-refractivity contribution in [1.82, 2.24) is 10.2 Å². The molecule has 0 aromatic carbocycles. The van der Waals surface area contributed by atoms with Crippen molar-refractivity contribution in [3.05, 3.63) is 23.5 Å². The maximum Gasteiger partial charge on any atom is 0.0553 e. The molecule has 0 aliphatic heterocycles. The number of likely N-dealkylation sites (N-methyl/N-ethyl adjacent to an activating group) is 2. The second-order valence-electron chi connectivity index (χ2n) is 2.93. The maximum absolute atomic E-state index is 3.19. The summed E-state index contributed by atoms with van der Waals surface area (Å²) in [5, 5.41) is 3.19. The average molecular weight is 152 g/mol. The largest absolute Gasteiger partial charge is 0.387 e. The third-order valence-electron chi connectivity index (χ3n) is 1.88. The van der Waals surface area contributed by atoms with Gasteiger partial charge < -0.3 is 10.2 Å². The SMILES string of the molecule is CNC1=CCCC=C1N(C)C. The Morgan fingerprint density at radius 1 is 1.27 bits per heavy atom. The first-order valence-electron chi connectivity index (χ1n) is 4.01. The summed E-state index contributed by atoms with van der Waals surface area (Å²) in [6.45, 7) is 0. The Morgan fingerprint density at radius 2 is 1.91 bits per heavy atom. The lowest BCUT2D eigenvalue weighted by Crippen LogP contribution is -2.21. The molecule has 62 valence electrons. The summed E-state index contributed by atoms with van der Waals surface area (Å²) in [5.74, 6) is 0. The van der Waals surface area contributed by atoms with Gasteiger partial charge in [-0.1, -0.05) is 12.2 Å². The van der Waals surface area contributed by atoms with Crippen molar-refractivity contribution in [2.75, 3.05) is 21.1 Å². The summed E-state index contributed by atoms with van der Waals surface area (Å²) in [7, 11) is 6.11. The highest BCUT2D eigenvalue weighted by atomic mass is 15.1. The Labute approximate surface area is 68.6 Å². The van der Waals surface area contributed by atoms with Crippen molar-refractivity contribution in [2.45, 2.75) is 12.8 Å². The van der Waals surface area contributed by atoms with Gasteiger partial charge in [0.1, 0.15) is 0 Å². The molecule has 1 rings (SSSR count). The van der Waals surface area contributed by atoms with Gasteiger partial charge in [-0.15, -0.1) is 0 Å². The summed E-state index contributed by atoms with van der Waals surface area (Å²) < 4.78 is 0. The minimum absolute atomic E-state index is 1.16. The molecule has 1 aliphatic rings. The normalized spacial score (nSPS) is 17.0. The van der Waals surface area contributed by atoms with E-state index in [4.69, 9.17) is 0 Å². The van der Waals surface area contributed by atoms with Gasteiger partial charge >= 0.3 is 0 Å². The third kappa shape index (κ3) is 1.76. The molecule has 2 nitrogen and oxygen atoms in total. The van der Waals surface area contributed by atoms with Gasteiger partial charge in [-0.2, -0.15) is 0 Å². The van der Waals surface area contributed by atoms with Gasteiger partial charge in [-0.3, -0.25) is 0 Å². The minimum atomic E-state index is 1.16. The Balaban J connectivity index is 2.75. The van der Waals surface area contributed by atoms with E-state index in [9.17, 15) is 0 Å². The maximum atomic E-state index is 3.19. The molecule has 0 unspecified atom stereocenters. The van der Waals surface area contributed by atoms with E-state index < -0.39 is 0 Å². The van der Waals surface area contributed by atoms with Crippen LogP contribution in [-0.2, 0) is 0 Å². The summed E-state index contributed by atoms with van der Waals surface area (Å²) in [6, 6.07) is 0. The molecule has 0 fully saturated rings. The van der Waals surface area contributed by atoms with Crippen LogP contribution < -0.4 is 5.32 Å². The topological polar surface area (TPSA) is 15.3 Å². The van der Waals surface area contributed by atoms with Gasteiger partial charge in [0.05, 0.1) is 11.4 Å². The molecule has 11 heavy (non-hydrogen) atoms. The predicted molar refractivity (Wildman–Crippen MR) is 48.1 cm³/mol. The fourth-order valence-electron chi connectivity index (χ4n) is 1.32. The molecule has 0 aromatic rings. The number of nitrogens with zero attached hydrogens (tertiary/aromatic N) is 1. The highest BCUT2D eigenvalue weighted by Gasteiger charge is 2.07. The lowest BCUT2D eigenvalue weighted by molar-refractivity contribution is 0.506. The minimum Gasteiger partial charge on any atom is -0.387 e. The first-order valence-corrected chi connectivity index (χ1v) is 4.01. The predicted octanol–water partition coefficient (Wildman–Crippen LogP) is 1.33. The van der Waals surface area contributed by atoms with Crippen molar-refractivity contribution in [3.63, 3.8) is 0 Å². The number of hydrogen-bond donors (Lipinski definition) is 1. The lowest BCUT2D eigenvalue weighted by Gasteiger charge is -2.22. The summed E-state index contributed by atoms with van der Waals surface area (Å²) in [4.78, 5) is 2.14. The van der Waals surface area contributed by atoms with E-state index in [0.29, 0.717) is 0 Å². The highest BCUT2D eigenvalue weighted by molar-refractivity contribution is 5.30. The molecular weight excluding hydrogens is 136 g/mol. The van der Waals surface area contributed by atoms with Crippen LogP contribution in [0.5, 0.6) is 0 Å². The van der Waals surface area contributed by atoms with Gasteiger partial charge in [0.25, 0.3) is 0 Å². The smallest absolute Gasteiger partial charge is 0.0553 e. The van der Waals surface area contributed by atoms with Crippen molar-refractivity contribution < 1.29 is 0 Å². The van der Waals surface area contributed by atoms with Crippen molar-refractivity contribution in [1.29, 1.82) is 0 Å². The van der Waals surface area contributed by atoms with Gasteiger partial charge in [-0.05, 0) is 12.8 Å². The first-order chi connectivity index (χ1) is 5.25. The van der Waals surface area contributed by atoms with Gasteiger partial charge in [-0.25, -0.2) is 0 Å². The van der Waals surface area contributed by atoms with Crippen LogP contribution in [-0.4, -0.2) is 26.0 Å². The molecule has 2 heteroatoms. The molecule has 0 saturated heterocycles. The van der Waals surface area contributed by atoms with Crippen molar-refractivity contribution in [2.24, 2.45) is 0 Å². The molecule has 0 bridgehead atoms. The average Bonchev–Trinajstić information content (AvgIpc) is 2.04. The van der Waals surface area contributed by atoms with E-state index in [1.807, 2.05) is 7.05 Å². The van der Waals surface area contributed by atoms with Crippen LogP contribution in [0, 0.1) is 0 Å². The van der Waals surface area contributed by atoms with E-state index in [1.165, 1.54) is 17.8 Å². The van der Waals surface area contributed by atoms with Crippen molar-refractivity contribution in [3.8, 4) is 0 Å². The van der Waals surface area contributed by atoms with Crippen LogP contribution in [0.4, 0.5) is 0 Å². The fraction of sp³-hybridized carbons (Fsp3) is 0.556. The van der Waals surface area contributed by atoms with Crippen LogP contribution in [0.15, 0.2) is 23.5 Å². The number of hydrogen-bond acceptors (Lipinski definition) is 2. The molecule has 0 saturated carbocycles. The lowest BCUT2D eigenvalue weighted by atomic mass is 10.1. The van der Waals surface area contributed by atoms with Crippen LogP contribution in [0.3, 0.4) is 0 Å². The number of nitrogens with one attached hydrogen (secondary N) is 1. The van der Waals surface area contributed by atoms with Crippen molar-refractivity contribution >= 4 is 0 Å². The molecule has 1 aliphatic carbocycles. The summed E-state index contributed by atoms with van der Waals surface area (Å²) in [6.07, 6.45) is 6.84. The Kier molecular flexibility index (Phi) is 2.58. The number of rotatable bonds is 2. The zero-order valence-corrected chi connectivity index (χ0v) is 7.52. The molecule has 0 spiro atoms. The van der Waals surface area contributed by atoms with Gasteiger partial charge in [0.2, 0.25) is 0 Å². The molecule has 0 amide bonds. The van der Waals surface area contributed by atoms with E-state index in [-0.39, 0.29) is 0 Å². The Bertz CT molecular complexity index is 190. The zero-order valence-electron chi connectivity index (χ0n) is 7.52. The monoisotopic (exact) mass is 152 g/mol. The highest BCUT2D eigenvalue weighted by Crippen LogP contribution is 2.17. The third-order valence-corrected chi connectivity index (χ3v) is 1.88. The van der Waals surface area contributed by atoms with Crippen LogP contribution in [0.1, 0.15) is 12.8 Å². The van der Waals surface area contributed by atoms with Crippen LogP contribution in [0.2, 0.25) is 0 Å². The van der Waals surface area contributed by atoms with Crippen LogP contribution >= 0.6 is 0 Å². The quantitative estimate of drug-likeness (QED) is 0.642. The molecular formula is C9H16N2. The Hall–Kier alpha value is -0.920. The van der Waals surface area contributed by atoms with Gasteiger partial charge in [0, 0.05) is 21.1 Å². The van der Waals surface area contributed by atoms with E-state index in [0.717, 1.165) is 6.42 Å². The first kappa shape index (κ1) is 8.18. The second-order valence-corrected chi connectivity index (χ2v) is 2.93. The standard InChI is InChI=1S/C9H16N2/c1-10-8-6-4-5-7-9(8)11(2)3/h6-7,10H,4-5H2,1-3H3. The van der Waals surface area contributed by atoms with E-state index >= 15 is 0 Å².